The number of aromatic nitrogens is 1. The van der Waals surface area contributed by atoms with Crippen molar-refractivity contribution < 1.29 is 0 Å². The van der Waals surface area contributed by atoms with Crippen molar-refractivity contribution in [2.24, 2.45) is 0 Å². The molecule has 0 aliphatic carbocycles. The average molecular weight is 324 g/mol. The molecular formula is C16H22ClN3S. The molecule has 0 unspecified atom stereocenters. The molecule has 1 aromatic heterocycles. The van der Waals surface area contributed by atoms with E-state index in [1.54, 1.807) is 11.3 Å². The van der Waals surface area contributed by atoms with Crippen molar-refractivity contribution in [3.63, 3.8) is 0 Å². The lowest BCUT2D eigenvalue weighted by molar-refractivity contribution is 0.588. The number of nitrogens with one attached hydrogen (secondary N) is 1. The van der Waals surface area contributed by atoms with E-state index in [0.29, 0.717) is 6.04 Å². The third-order valence-electron chi connectivity index (χ3n) is 3.22. The molecule has 5 heteroatoms. The number of aryl methyl sites for hydroxylation is 1. The number of hydrogen-bond acceptors (Lipinski definition) is 4. The molecule has 0 amide bonds. The van der Waals surface area contributed by atoms with Gasteiger partial charge in [-0.3, -0.25) is 0 Å². The minimum absolute atomic E-state index is 0.448. The van der Waals surface area contributed by atoms with Gasteiger partial charge in [0.25, 0.3) is 0 Å². The van der Waals surface area contributed by atoms with Crippen LogP contribution in [0.15, 0.2) is 23.6 Å². The summed E-state index contributed by atoms with van der Waals surface area (Å²) < 4.78 is 0. The second-order valence-corrected chi connectivity index (χ2v) is 6.97. The van der Waals surface area contributed by atoms with Gasteiger partial charge in [0, 0.05) is 25.0 Å². The third-order valence-corrected chi connectivity index (χ3v) is 4.35. The molecule has 2 aromatic rings. The molecule has 3 nitrogen and oxygen atoms in total. The molecule has 2 rings (SSSR count). The first-order chi connectivity index (χ1) is 9.97. The Labute approximate surface area is 136 Å². The number of nitrogens with zero attached hydrogens (tertiary/aromatic N) is 2. The van der Waals surface area contributed by atoms with Crippen LogP contribution in [0.1, 0.15) is 30.1 Å². The molecular weight excluding hydrogens is 302 g/mol. The maximum atomic E-state index is 6.42. The molecule has 1 aromatic carbocycles. The van der Waals surface area contributed by atoms with Crippen LogP contribution in [0.3, 0.4) is 0 Å². The number of para-hydroxylation sites is 1. The van der Waals surface area contributed by atoms with Crippen LogP contribution in [0.2, 0.25) is 5.02 Å². The maximum absolute atomic E-state index is 6.42. The molecule has 0 saturated carbocycles. The van der Waals surface area contributed by atoms with Gasteiger partial charge in [-0.2, -0.15) is 0 Å². The Morgan fingerprint density at radius 1 is 1.38 bits per heavy atom. The second kappa shape index (κ2) is 7.25. The van der Waals surface area contributed by atoms with Crippen molar-refractivity contribution in [1.29, 1.82) is 0 Å². The minimum Gasteiger partial charge on any atom is -0.367 e. The first kappa shape index (κ1) is 16.3. The van der Waals surface area contributed by atoms with E-state index in [0.717, 1.165) is 34.5 Å². The van der Waals surface area contributed by atoms with Crippen molar-refractivity contribution >= 4 is 28.6 Å². The zero-order chi connectivity index (χ0) is 15.4. The lowest BCUT2D eigenvalue weighted by atomic mass is 10.1. The highest BCUT2D eigenvalue weighted by Gasteiger charge is 2.13. The molecule has 21 heavy (non-hydrogen) atoms. The lowest BCUT2D eigenvalue weighted by Gasteiger charge is -2.23. The summed E-state index contributed by atoms with van der Waals surface area (Å²) in [5.74, 6) is 0. The molecule has 1 heterocycles. The van der Waals surface area contributed by atoms with Crippen LogP contribution in [0.5, 0.6) is 0 Å². The fourth-order valence-corrected chi connectivity index (χ4v) is 3.19. The summed E-state index contributed by atoms with van der Waals surface area (Å²) in [5, 5.41) is 7.44. The Bertz CT molecular complexity index is 595. The van der Waals surface area contributed by atoms with Crippen molar-refractivity contribution in [3.05, 3.63) is 44.9 Å². The first-order valence-electron chi connectivity index (χ1n) is 7.10. The van der Waals surface area contributed by atoms with Gasteiger partial charge in [-0.15, -0.1) is 11.3 Å². The minimum atomic E-state index is 0.448. The van der Waals surface area contributed by atoms with Crippen molar-refractivity contribution in [2.45, 2.75) is 39.9 Å². The van der Waals surface area contributed by atoms with Gasteiger partial charge < -0.3 is 10.2 Å². The zero-order valence-corrected chi connectivity index (χ0v) is 14.6. The highest BCUT2D eigenvalue weighted by molar-refractivity contribution is 7.09. The SMILES string of the molecule is Cc1nc(CN(C)c2c(Cl)cccc2CNC(C)C)cs1. The summed E-state index contributed by atoms with van der Waals surface area (Å²) in [6.07, 6.45) is 0. The summed E-state index contributed by atoms with van der Waals surface area (Å²) in [5.41, 5.74) is 3.38. The molecule has 114 valence electrons. The van der Waals surface area contributed by atoms with E-state index in [2.05, 4.69) is 47.5 Å². The average Bonchev–Trinajstić information content (AvgIpc) is 2.81. The smallest absolute Gasteiger partial charge is 0.0898 e. The van der Waals surface area contributed by atoms with Gasteiger partial charge in [0.2, 0.25) is 0 Å². The fraction of sp³-hybridized carbons (Fsp3) is 0.438. The highest BCUT2D eigenvalue weighted by Crippen LogP contribution is 2.30. The Hall–Kier alpha value is -1.10. The maximum Gasteiger partial charge on any atom is 0.0898 e. The highest BCUT2D eigenvalue weighted by atomic mass is 35.5. The molecule has 0 radical (unpaired) electrons. The van der Waals surface area contributed by atoms with Gasteiger partial charge in [-0.1, -0.05) is 37.6 Å². The predicted molar refractivity (Wildman–Crippen MR) is 92.4 cm³/mol. The zero-order valence-electron chi connectivity index (χ0n) is 13.0. The number of thiazole rings is 1. The molecule has 0 fully saturated rings. The van der Waals surface area contributed by atoms with Gasteiger partial charge >= 0.3 is 0 Å². The summed E-state index contributed by atoms with van der Waals surface area (Å²) >= 11 is 8.10. The number of rotatable bonds is 6. The van der Waals surface area contributed by atoms with Gasteiger partial charge in [-0.05, 0) is 18.6 Å². The van der Waals surface area contributed by atoms with Gasteiger partial charge in [0.15, 0.2) is 0 Å². The van der Waals surface area contributed by atoms with E-state index in [-0.39, 0.29) is 0 Å². The van der Waals surface area contributed by atoms with E-state index < -0.39 is 0 Å². The number of halogens is 1. The van der Waals surface area contributed by atoms with Gasteiger partial charge in [0.05, 0.1) is 28.0 Å². The molecule has 0 aliphatic heterocycles. The summed E-state index contributed by atoms with van der Waals surface area (Å²) in [6.45, 7) is 7.90. The quantitative estimate of drug-likeness (QED) is 0.861. The van der Waals surface area contributed by atoms with Gasteiger partial charge in [-0.25, -0.2) is 4.98 Å². The molecule has 0 saturated heterocycles. The van der Waals surface area contributed by atoms with E-state index in [1.165, 1.54) is 5.56 Å². The Kier molecular flexibility index (Phi) is 5.62. The molecule has 0 spiro atoms. The fourth-order valence-electron chi connectivity index (χ4n) is 2.25. The predicted octanol–water partition coefficient (Wildman–Crippen LogP) is 4.24. The summed E-state index contributed by atoms with van der Waals surface area (Å²) in [4.78, 5) is 6.70. The van der Waals surface area contributed by atoms with Crippen LogP contribution >= 0.6 is 22.9 Å². The molecule has 0 bridgehead atoms. The van der Waals surface area contributed by atoms with Gasteiger partial charge in [0.1, 0.15) is 0 Å². The monoisotopic (exact) mass is 323 g/mol. The largest absolute Gasteiger partial charge is 0.367 e. The van der Waals surface area contributed by atoms with Crippen LogP contribution in [-0.4, -0.2) is 18.1 Å². The number of hydrogen-bond donors (Lipinski definition) is 1. The normalized spacial score (nSPS) is 11.1. The first-order valence-corrected chi connectivity index (χ1v) is 8.36. The standard InChI is InChI=1S/C16H22ClN3S/c1-11(2)18-8-13-6-5-7-15(17)16(13)20(4)9-14-10-21-12(3)19-14/h5-7,10-11,18H,8-9H2,1-4H3. The van der Waals surface area contributed by atoms with Crippen molar-refractivity contribution in [2.75, 3.05) is 11.9 Å². The van der Waals surface area contributed by atoms with Crippen molar-refractivity contribution in [3.8, 4) is 0 Å². The molecule has 1 N–H and O–H groups in total. The van der Waals surface area contributed by atoms with Crippen molar-refractivity contribution in [1.82, 2.24) is 10.3 Å². The van der Waals surface area contributed by atoms with Crippen LogP contribution in [0.4, 0.5) is 5.69 Å². The van der Waals surface area contributed by atoms with E-state index in [1.807, 2.05) is 19.1 Å². The third kappa shape index (κ3) is 4.43. The topological polar surface area (TPSA) is 28.2 Å². The second-order valence-electron chi connectivity index (χ2n) is 5.50. The van der Waals surface area contributed by atoms with E-state index >= 15 is 0 Å². The Morgan fingerprint density at radius 2 is 2.14 bits per heavy atom. The lowest BCUT2D eigenvalue weighted by Crippen LogP contribution is -2.25. The summed E-state index contributed by atoms with van der Waals surface area (Å²) in [6, 6.07) is 6.52. The van der Waals surface area contributed by atoms with Crippen LogP contribution in [0, 0.1) is 6.92 Å². The number of anilines is 1. The Morgan fingerprint density at radius 3 is 2.76 bits per heavy atom. The molecule has 0 atom stereocenters. The van der Waals surface area contributed by atoms with E-state index in [9.17, 15) is 0 Å². The van der Waals surface area contributed by atoms with E-state index in [4.69, 9.17) is 11.6 Å². The number of benzene rings is 1. The Balaban J connectivity index is 2.20. The van der Waals surface area contributed by atoms with Crippen LogP contribution in [0.25, 0.3) is 0 Å². The van der Waals surface area contributed by atoms with Crippen LogP contribution < -0.4 is 10.2 Å². The van der Waals surface area contributed by atoms with Crippen LogP contribution in [-0.2, 0) is 13.1 Å². The summed E-state index contributed by atoms with van der Waals surface area (Å²) in [7, 11) is 2.06. The molecule has 0 aliphatic rings.